The van der Waals surface area contributed by atoms with Crippen LogP contribution in [0.25, 0.3) is 34.2 Å². The van der Waals surface area contributed by atoms with Crippen molar-refractivity contribution >= 4 is 22.4 Å². The Bertz CT molecular complexity index is 1530. The number of hydrogen-bond donors (Lipinski definition) is 1. The van der Waals surface area contributed by atoms with Crippen LogP contribution in [0.1, 0.15) is 15.9 Å². The lowest BCUT2D eigenvalue weighted by molar-refractivity contribution is 0.102. The van der Waals surface area contributed by atoms with Crippen LogP contribution < -0.4 is 14.8 Å². The van der Waals surface area contributed by atoms with Crippen LogP contribution in [0.15, 0.2) is 76.5 Å². The number of anilines is 1. The minimum absolute atomic E-state index is 0.263. The van der Waals surface area contributed by atoms with Gasteiger partial charge >= 0.3 is 0 Å². The second kappa shape index (κ2) is 10.0. The second-order valence-corrected chi connectivity index (χ2v) is 8.72. The number of aromatic nitrogens is 3. The molecular weight excluding hydrogens is 476 g/mol. The summed E-state index contributed by atoms with van der Waals surface area (Å²) < 4.78 is 16.5. The van der Waals surface area contributed by atoms with Gasteiger partial charge in [0.25, 0.3) is 5.91 Å². The van der Waals surface area contributed by atoms with E-state index in [9.17, 15) is 4.79 Å². The van der Waals surface area contributed by atoms with Gasteiger partial charge in [0.05, 0.1) is 19.9 Å². The third-order valence-corrected chi connectivity index (χ3v) is 6.36. The molecule has 8 nitrogen and oxygen atoms in total. The lowest BCUT2D eigenvalue weighted by Crippen LogP contribution is -2.11. The highest BCUT2D eigenvalue weighted by atomic mass is 32.1. The van der Waals surface area contributed by atoms with Crippen molar-refractivity contribution in [3.05, 3.63) is 83.2 Å². The van der Waals surface area contributed by atoms with Crippen LogP contribution in [0.4, 0.5) is 5.13 Å². The van der Waals surface area contributed by atoms with Crippen LogP contribution in [0.5, 0.6) is 11.5 Å². The Kier molecular flexibility index (Phi) is 6.46. The molecule has 36 heavy (non-hydrogen) atoms. The summed E-state index contributed by atoms with van der Waals surface area (Å²) in [5, 5.41) is 13.5. The zero-order chi connectivity index (χ0) is 25.1. The minimum atomic E-state index is -0.263. The zero-order valence-electron chi connectivity index (χ0n) is 19.8. The van der Waals surface area contributed by atoms with E-state index in [0.29, 0.717) is 34.0 Å². The first kappa shape index (κ1) is 23.3. The van der Waals surface area contributed by atoms with Crippen LogP contribution in [-0.2, 0) is 0 Å². The number of hydrogen-bond acceptors (Lipinski definition) is 8. The van der Waals surface area contributed by atoms with E-state index in [1.807, 2.05) is 54.8 Å². The molecule has 0 radical (unpaired) electrons. The second-order valence-electron chi connectivity index (χ2n) is 7.87. The van der Waals surface area contributed by atoms with Crippen LogP contribution >= 0.6 is 11.3 Å². The maximum atomic E-state index is 12.8. The Labute approximate surface area is 211 Å². The van der Waals surface area contributed by atoms with Crippen molar-refractivity contribution in [2.75, 3.05) is 19.5 Å². The van der Waals surface area contributed by atoms with Crippen molar-refractivity contribution in [1.82, 2.24) is 15.2 Å². The van der Waals surface area contributed by atoms with Crippen LogP contribution in [-0.4, -0.2) is 35.3 Å². The topological polar surface area (TPSA) is 99.4 Å². The van der Waals surface area contributed by atoms with Gasteiger partial charge in [-0.05, 0) is 61.0 Å². The highest BCUT2D eigenvalue weighted by Crippen LogP contribution is 2.33. The smallest absolute Gasteiger partial charge is 0.257 e. The number of thiazole rings is 1. The van der Waals surface area contributed by atoms with Gasteiger partial charge in [0, 0.05) is 27.6 Å². The fourth-order valence-corrected chi connectivity index (χ4v) is 4.37. The summed E-state index contributed by atoms with van der Waals surface area (Å²) in [7, 11) is 3.17. The summed E-state index contributed by atoms with van der Waals surface area (Å²) in [4.78, 5) is 17.3. The minimum Gasteiger partial charge on any atom is -0.493 e. The molecule has 0 bridgehead atoms. The predicted molar refractivity (Wildman–Crippen MR) is 139 cm³/mol. The number of carbonyl (C=O) groups is 1. The van der Waals surface area contributed by atoms with Crippen LogP contribution in [0.2, 0.25) is 0 Å². The Balaban J connectivity index is 1.28. The van der Waals surface area contributed by atoms with Crippen molar-refractivity contribution in [2.45, 2.75) is 6.92 Å². The number of carbonyl (C=O) groups excluding carboxylic acids is 1. The van der Waals surface area contributed by atoms with Gasteiger partial charge in [-0.1, -0.05) is 18.2 Å². The number of amides is 1. The van der Waals surface area contributed by atoms with Crippen molar-refractivity contribution in [2.24, 2.45) is 0 Å². The van der Waals surface area contributed by atoms with Gasteiger partial charge in [-0.25, -0.2) is 4.98 Å². The van der Waals surface area contributed by atoms with E-state index in [0.717, 1.165) is 27.9 Å². The number of aryl methyl sites for hydroxylation is 1. The molecule has 180 valence electrons. The number of nitrogens with one attached hydrogen (secondary N) is 1. The van der Waals surface area contributed by atoms with E-state index < -0.39 is 0 Å². The molecule has 2 aromatic heterocycles. The average Bonchev–Trinajstić information content (AvgIpc) is 3.59. The summed E-state index contributed by atoms with van der Waals surface area (Å²) in [5.74, 6) is 1.83. The highest BCUT2D eigenvalue weighted by Gasteiger charge is 2.15. The fraction of sp³-hybridized carbons (Fsp3) is 0.111. The van der Waals surface area contributed by atoms with Crippen LogP contribution in [0.3, 0.4) is 0 Å². The number of nitrogens with zero attached hydrogens (tertiary/aromatic N) is 3. The molecule has 1 amide bonds. The molecule has 0 saturated carbocycles. The van der Waals surface area contributed by atoms with E-state index in [-0.39, 0.29) is 5.91 Å². The van der Waals surface area contributed by atoms with Crippen molar-refractivity contribution in [1.29, 1.82) is 0 Å². The maximum Gasteiger partial charge on any atom is 0.257 e. The Hall–Kier alpha value is -4.50. The zero-order valence-corrected chi connectivity index (χ0v) is 20.6. The molecule has 0 spiro atoms. The summed E-state index contributed by atoms with van der Waals surface area (Å²) in [6.45, 7) is 1.99. The third kappa shape index (κ3) is 4.69. The first-order valence-electron chi connectivity index (χ1n) is 11.0. The first-order chi connectivity index (χ1) is 17.6. The molecule has 0 fully saturated rings. The van der Waals surface area contributed by atoms with E-state index in [2.05, 4.69) is 20.5 Å². The normalized spacial score (nSPS) is 10.8. The molecule has 0 aliphatic carbocycles. The molecule has 0 unspecified atom stereocenters. The van der Waals surface area contributed by atoms with Crippen molar-refractivity contribution in [3.63, 3.8) is 0 Å². The molecule has 0 saturated heterocycles. The van der Waals surface area contributed by atoms with Crippen LogP contribution in [0, 0.1) is 6.92 Å². The molecular formula is C27H22N4O4S. The van der Waals surface area contributed by atoms with Gasteiger partial charge in [0.2, 0.25) is 11.8 Å². The molecule has 0 aliphatic rings. The monoisotopic (exact) mass is 498 g/mol. The van der Waals surface area contributed by atoms with Gasteiger partial charge in [0.1, 0.15) is 0 Å². The average molecular weight is 499 g/mol. The number of ether oxygens (including phenoxy) is 2. The Morgan fingerprint density at radius 1 is 0.889 bits per heavy atom. The van der Waals surface area contributed by atoms with Gasteiger partial charge in [0.15, 0.2) is 16.6 Å². The molecule has 0 aliphatic heterocycles. The van der Waals surface area contributed by atoms with E-state index in [4.69, 9.17) is 13.9 Å². The largest absolute Gasteiger partial charge is 0.493 e. The van der Waals surface area contributed by atoms with Crippen molar-refractivity contribution in [3.8, 4) is 45.7 Å². The molecule has 1 N–H and O–H groups in total. The van der Waals surface area contributed by atoms with Gasteiger partial charge in [-0.2, -0.15) is 0 Å². The summed E-state index contributed by atoms with van der Waals surface area (Å²) in [6.07, 6.45) is 0. The number of rotatable bonds is 7. The maximum absolute atomic E-state index is 12.8. The number of methoxy groups -OCH3 is 2. The summed E-state index contributed by atoms with van der Waals surface area (Å²) >= 11 is 1.34. The van der Waals surface area contributed by atoms with Gasteiger partial charge in [-0.15, -0.1) is 21.5 Å². The quantitative estimate of drug-likeness (QED) is 0.289. The lowest BCUT2D eigenvalue weighted by Gasteiger charge is -2.08. The first-order valence-corrected chi connectivity index (χ1v) is 11.9. The standard InChI is InChI=1S/C27H22N4O4S/c1-16-6-4-5-7-20(16)26-31-30-25(35-26)18-10-8-17(9-11-18)24(32)29-27-28-21(15-36-27)19-12-13-22(33-2)23(14-19)34-3/h4-15H,1-3H3,(H,28,29,32). The highest BCUT2D eigenvalue weighted by molar-refractivity contribution is 7.14. The lowest BCUT2D eigenvalue weighted by atomic mass is 10.1. The molecule has 9 heteroatoms. The molecule has 0 atom stereocenters. The predicted octanol–water partition coefficient (Wildman–Crippen LogP) is 6.11. The Morgan fingerprint density at radius 3 is 2.36 bits per heavy atom. The molecule has 5 aromatic rings. The molecule has 5 rings (SSSR count). The van der Waals surface area contributed by atoms with E-state index in [1.54, 1.807) is 38.5 Å². The molecule has 2 heterocycles. The summed E-state index contributed by atoms with van der Waals surface area (Å²) in [5.41, 5.74) is 4.74. The molecule has 3 aromatic carbocycles. The Morgan fingerprint density at radius 2 is 1.61 bits per heavy atom. The van der Waals surface area contributed by atoms with E-state index in [1.165, 1.54) is 11.3 Å². The summed E-state index contributed by atoms with van der Waals surface area (Å²) in [6, 6.07) is 20.4. The van der Waals surface area contributed by atoms with Crippen molar-refractivity contribution < 1.29 is 18.7 Å². The fourth-order valence-electron chi connectivity index (χ4n) is 3.65. The van der Waals surface area contributed by atoms with Gasteiger partial charge in [-0.3, -0.25) is 10.1 Å². The van der Waals surface area contributed by atoms with Gasteiger partial charge < -0.3 is 13.9 Å². The SMILES string of the molecule is COc1ccc(-c2csc(NC(=O)c3ccc(-c4nnc(-c5ccccc5C)o4)cc3)n2)cc1OC. The van der Waals surface area contributed by atoms with E-state index >= 15 is 0 Å². The number of benzene rings is 3. The third-order valence-electron chi connectivity index (χ3n) is 5.60.